The summed E-state index contributed by atoms with van der Waals surface area (Å²) in [7, 11) is 0. The predicted molar refractivity (Wildman–Crippen MR) is 294 cm³/mol. The van der Waals surface area contributed by atoms with E-state index < -0.39 is 67.3 Å². The topological polar surface area (TPSA) is 175 Å². The van der Waals surface area contributed by atoms with Crippen molar-refractivity contribution < 1.29 is 58.2 Å². The first-order valence-electron chi connectivity index (χ1n) is 28.2. The lowest BCUT2D eigenvalue weighted by Gasteiger charge is -2.40. The van der Waals surface area contributed by atoms with E-state index >= 15 is 0 Å². The van der Waals surface area contributed by atoms with Crippen molar-refractivity contribution in [3.8, 4) is 0 Å². The number of aliphatic carboxylic acids is 1. The summed E-state index contributed by atoms with van der Waals surface area (Å²) in [4.78, 5) is 51.0. The molecule has 0 aromatic heterocycles. The molecule has 73 heavy (non-hydrogen) atoms. The van der Waals surface area contributed by atoms with E-state index in [1.54, 1.807) is 0 Å². The van der Waals surface area contributed by atoms with E-state index in [9.17, 15) is 34.5 Å². The van der Waals surface area contributed by atoms with Crippen LogP contribution in [-0.4, -0.2) is 89.2 Å². The molecule has 0 spiro atoms. The molecule has 0 bridgehead atoms. The zero-order valence-corrected chi connectivity index (χ0v) is 45.3. The highest BCUT2D eigenvalue weighted by Crippen LogP contribution is 2.26. The third kappa shape index (κ3) is 38.8. The number of carboxylic acids is 1. The molecule has 0 aliphatic carbocycles. The van der Waals surface area contributed by atoms with Crippen molar-refractivity contribution in [2.24, 2.45) is 0 Å². The molecule has 6 unspecified atom stereocenters. The van der Waals surface area contributed by atoms with Crippen LogP contribution in [0.15, 0.2) is 97.2 Å². The van der Waals surface area contributed by atoms with Crippen LogP contribution in [0, 0.1) is 0 Å². The maximum absolute atomic E-state index is 13.1. The van der Waals surface area contributed by atoms with Crippen LogP contribution in [0.1, 0.15) is 213 Å². The van der Waals surface area contributed by atoms with Gasteiger partial charge in [-0.1, -0.05) is 201 Å². The van der Waals surface area contributed by atoms with Crippen LogP contribution in [-0.2, 0) is 42.9 Å². The highest BCUT2D eigenvalue weighted by molar-refractivity contribution is 5.74. The molecular weight excluding hydrogens is 925 g/mol. The van der Waals surface area contributed by atoms with Crippen molar-refractivity contribution in [3.05, 3.63) is 97.2 Å². The SMILES string of the molecule is CC/C=C\C/C=C\C/C=C\C/C=C\C/C=C\CCCC(=O)OCC(COC1OC(C(=O)O)C(O)C(O)C1OC(=O)CCCCCCC/C=C\C/C=C\C/C=C\CC)OC(=O)CCCCCCCCCCCCC. The smallest absolute Gasteiger partial charge is 0.335 e. The molecule has 1 heterocycles. The van der Waals surface area contributed by atoms with E-state index in [0.717, 1.165) is 103 Å². The summed E-state index contributed by atoms with van der Waals surface area (Å²) in [6.45, 7) is 5.68. The quantitative estimate of drug-likeness (QED) is 0.0228. The van der Waals surface area contributed by atoms with E-state index in [0.29, 0.717) is 25.7 Å². The summed E-state index contributed by atoms with van der Waals surface area (Å²) >= 11 is 0. The number of carbonyl (C=O) groups excluding carboxylic acids is 3. The number of allylic oxidation sites excluding steroid dienone is 16. The van der Waals surface area contributed by atoms with Gasteiger partial charge in [-0.05, 0) is 89.9 Å². The fourth-order valence-electron chi connectivity index (χ4n) is 7.89. The number of aliphatic hydroxyl groups excluding tert-OH is 2. The second-order valence-electron chi connectivity index (χ2n) is 18.8. The Morgan fingerprint density at radius 2 is 0.877 bits per heavy atom. The molecule has 0 radical (unpaired) electrons. The monoisotopic (exact) mass is 1020 g/mol. The molecule has 6 atom stereocenters. The Kier molecular flexibility index (Phi) is 44.4. The molecule has 1 aliphatic rings. The Balaban J connectivity index is 2.74. The first-order valence-corrected chi connectivity index (χ1v) is 28.2. The summed E-state index contributed by atoms with van der Waals surface area (Å²) in [5.74, 6) is -3.23. The van der Waals surface area contributed by atoms with Crippen LogP contribution in [0.4, 0.5) is 0 Å². The number of hydrogen-bond acceptors (Lipinski definition) is 11. The minimum Gasteiger partial charge on any atom is -0.479 e. The van der Waals surface area contributed by atoms with E-state index in [1.165, 1.54) is 44.9 Å². The van der Waals surface area contributed by atoms with Gasteiger partial charge in [-0.3, -0.25) is 14.4 Å². The second kappa shape index (κ2) is 48.6. The molecule has 1 aliphatic heterocycles. The molecule has 3 N–H and O–H groups in total. The lowest BCUT2D eigenvalue weighted by Crippen LogP contribution is -2.61. The number of carbonyl (C=O) groups is 4. The number of hydrogen-bond donors (Lipinski definition) is 3. The van der Waals surface area contributed by atoms with Crippen molar-refractivity contribution in [1.29, 1.82) is 0 Å². The third-order valence-electron chi connectivity index (χ3n) is 12.2. The van der Waals surface area contributed by atoms with Crippen LogP contribution in [0.5, 0.6) is 0 Å². The molecule has 0 aromatic rings. The summed E-state index contributed by atoms with van der Waals surface area (Å²) in [5.41, 5.74) is 0. The molecule has 1 rings (SSSR count). The molecule has 12 nitrogen and oxygen atoms in total. The summed E-state index contributed by atoms with van der Waals surface area (Å²) in [6, 6.07) is 0. The number of esters is 3. The Morgan fingerprint density at radius 3 is 1.36 bits per heavy atom. The zero-order valence-electron chi connectivity index (χ0n) is 45.3. The van der Waals surface area contributed by atoms with Crippen LogP contribution >= 0.6 is 0 Å². The summed E-state index contributed by atoms with van der Waals surface area (Å²) < 4.78 is 28.3. The van der Waals surface area contributed by atoms with Crippen LogP contribution < -0.4 is 0 Å². The van der Waals surface area contributed by atoms with Crippen LogP contribution in [0.2, 0.25) is 0 Å². The average molecular weight is 1020 g/mol. The molecular formula is C61H98O12. The number of unbranched alkanes of at least 4 members (excludes halogenated alkanes) is 16. The minimum atomic E-state index is -1.92. The molecule has 1 fully saturated rings. The van der Waals surface area contributed by atoms with Gasteiger partial charge in [0.2, 0.25) is 0 Å². The Labute approximate surface area is 441 Å². The van der Waals surface area contributed by atoms with Gasteiger partial charge in [0, 0.05) is 19.3 Å². The highest BCUT2D eigenvalue weighted by atomic mass is 16.7. The Bertz CT molecular complexity index is 1640. The lowest BCUT2D eigenvalue weighted by molar-refractivity contribution is -0.301. The summed E-state index contributed by atoms with van der Waals surface area (Å²) in [6.07, 6.45) is 51.0. The van der Waals surface area contributed by atoms with E-state index in [2.05, 4.69) is 112 Å². The molecule has 0 amide bonds. The minimum absolute atomic E-state index is 0.0321. The van der Waals surface area contributed by atoms with Gasteiger partial charge >= 0.3 is 23.9 Å². The number of rotatable bonds is 46. The molecule has 414 valence electrons. The number of ether oxygens (including phenoxy) is 5. The maximum atomic E-state index is 13.1. The molecule has 12 heteroatoms. The normalized spacial score (nSPS) is 19.1. The maximum Gasteiger partial charge on any atom is 0.335 e. The van der Waals surface area contributed by atoms with Crippen molar-refractivity contribution in [2.75, 3.05) is 13.2 Å². The van der Waals surface area contributed by atoms with Gasteiger partial charge in [0.15, 0.2) is 24.6 Å². The van der Waals surface area contributed by atoms with Gasteiger partial charge in [-0.25, -0.2) is 4.79 Å². The average Bonchev–Trinajstić information content (AvgIpc) is 3.37. The van der Waals surface area contributed by atoms with Gasteiger partial charge in [-0.2, -0.15) is 0 Å². The Morgan fingerprint density at radius 1 is 0.466 bits per heavy atom. The van der Waals surface area contributed by atoms with Crippen molar-refractivity contribution >= 4 is 23.9 Å². The fourth-order valence-corrected chi connectivity index (χ4v) is 7.89. The van der Waals surface area contributed by atoms with Crippen molar-refractivity contribution in [2.45, 2.75) is 250 Å². The number of carboxylic acid groups (broad SMARTS) is 1. The van der Waals surface area contributed by atoms with Gasteiger partial charge in [0.1, 0.15) is 18.8 Å². The largest absolute Gasteiger partial charge is 0.479 e. The van der Waals surface area contributed by atoms with E-state index in [1.807, 2.05) is 6.08 Å². The first-order chi connectivity index (χ1) is 35.6. The van der Waals surface area contributed by atoms with Crippen molar-refractivity contribution in [3.63, 3.8) is 0 Å². The molecule has 0 saturated carbocycles. The van der Waals surface area contributed by atoms with Crippen LogP contribution in [0.25, 0.3) is 0 Å². The third-order valence-corrected chi connectivity index (χ3v) is 12.2. The summed E-state index contributed by atoms with van der Waals surface area (Å²) in [5, 5.41) is 31.4. The first kappa shape index (κ1) is 66.7. The standard InChI is InChI=1S/C61H98O12/c1-4-7-10-13-16-19-22-24-26-27-29-30-33-35-38-41-44-47-53(62)69-50-52(71-54(63)48-45-42-39-36-32-21-18-15-12-9-6-3)51-70-61-59(57(66)56(65)58(73-61)60(67)68)72-55(64)49-46-43-40-37-34-31-28-25-23-20-17-14-11-8-5-2/h7-8,10-11,16-17,19-20,24-26,28-30,35,38,52,56-59,61,65-66H,4-6,9,12-15,18,21-23,27,31-34,36-37,39-51H2,1-3H3,(H,67,68)/b10-7-,11-8-,19-16-,20-17-,26-24-,28-25-,30-29-,38-35-. The van der Waals surface area contributed by atoms with Gasteiger partial charge in [0.05, 0.1) is 6.61 Å². The van der Waals surface area contributed by atoms with Gasteiger partial charge < -0.3 is 39.0 Å². The second-order valence-corrected chi connectivity index (χ2v) is 18.8. The predicted octanol–water partition coefficient (Wildman–Crippen LogP) is 14.1. The van der Waals surface area contributed by atoms with Crippen LogP contribution in [0.3, 0.4) is 0 Å². The Hall–Kier alpha value is -4.36. The van der Waals surface area contributed by atoms with E-state index in [4.69, 9.17) is 23.7 Å². The molecule has 1 saturated heterocycles. The zero-order chi connectivity index (χ0) is 53.3. The lowest BCUT2D eigenvalue weighted by atomic mass is 9.98. The van der Waals surface area contributed by atoms with Gasteiger partial charge in [-0.15, -0.1) is 0 Å². The fraction of sp³-hybridized carbons (Fsp3) is 0.672. The van der Waals surface area contributed by atoms with Crippen molar-refractivity contribution in [1.82, 2.24) is 0 Å². The highest BCUT2D eigenvalue weighted by Gasteiger charge is 2.50. The van der Waals surface area contributed by atoms with Gasteiger partial charge in [0.25, 0.3) is 0 Å². The van der Waals surface area contributed by atoms with E-state index in [-0.39, 0.29) is 25.9 Å². The number of aliphatic hydroxyl groups is 2. The molecule has 0 aromatic carbocycles.